The predicted octanol–water partition coefficient (Wildman–Crippen LogP) is 3.18. The van der Waals surface area contributed by atoms with E-state index >= 15 is 0 Å². The van der Waals surface area contributed by atoms with E-state index in [1.54, 1.807) is 7.11 Å². The van der Waals surface area contributed by atoms with Gasteiger partial charge in [-0.2, -0.15) is 0 Å². The van der Waals surface area contributed by atoms with Gasteiger partial charge in [0, 0.05) is 37.7 Å². The van der Waals surface area contributed by atoms with Crippen LogP contribution in [0.4, 0.5) is 5.69 Å². The monoisotopic (exact) mass is 387 g/mol. The molecule has 1 heterocycles. The Morgan fingerprint density at radius 3 is 2.48 bits per heavy atom. The van der Waals surface area contributed by atoms with Crippen LogP contribution in [-0.4, -0.2) is 50.1 Å². The van der Waals surface area contributed by atoms with Crippen molar-refractivity contribution >= 4 is 23.2 Å². The average Bonchev–Trinajstić information content (AvgIpc) is 2.72. The van der Waals surface area contributed by atoms with E-state index in [-0.39, 0.29) is 11.9 Å². The zero-order valence-electron chi connectivity index (χ0n) is 15.8. The molecule has 27 heavy (non-hydrogen) atoms. The van der Waals surface area contributed by atoms with Gasteiger partial charge in [0.05, 0.1) is 18.8 Å². The van der Waals surface area contributed by atoms with Crippen LogP contribution in [0.3, 0.4) is 0 Å². The molecule has 0 saturated carbocycles. The van der Waals surface area contributed by atoms with Gasteiger partial charge in [0.15, 0.2) is 0 Å². The highest BCUT2D eigenvalue weighted by Gasteiger charge is 2.26. The number of para-hydroxylation sites is 2. The topological polar surface area (TPSA) is 44.8 Å². The van der Waals surface area contributed by atoms with Crippen molar-refractivity contribution in [1.29, 1.82) is 0 Å². The number of rotatable bonds is 6. The summed E-state index contributed by atoms with van der Waals surface area (Å²) >= 11 is 6.16. The Morgan fingerprint density at radius 1 is 1.11 bits per heavy atom. The molecular weight excluding hydrogens is 362 g/mol. The summed E-state index contributed by atoms with van der Waals surface area (Å²) in [6.07, 6.45) is 0. The summed E-state index contributed by atoms with van der Waals surface area (Å²) in [6.45, 7) is 5.80. The molecule has 5 nitrogen and oxygen atoms in total. The number of anilines is 1. The number of piperazine rings is 1. The summed E-state index contributed by atoms with van der Waals surface area (Å²) in [5.74, 6) is 0.914. The second kappa shape index (κ2) is 9.11. The van der Waals surface area contributed by atoms with E-state index in [0.717, 1.165) is 43.2 Å². The molecule has 144 valence electrons. The van der Waals surface area contributed by atoms with E-state index in [0.29, 0.717) is 11.6 Å². The quantitative estimate of drug-likeness (QED) is 0.826. The van der Waals surface area contributed by atoms with E-state index in [9.17, 15) is 4.79 Å². The molecule has 1 saturated heterocycles. The molecule has 1 amide bonds. The van der Waals surface area contributed by atoms with E-state index < -0.39 is 0 Å². The molecule has 1 unspecified atom stereocenters. The second-order valence-corrected chi connectivity index (χ2v) is 7.09. The highest BCUT2D eigenvalue weighted by atomic mass is 35.5. The van der Waals surface area contributed by atoms with Gasteiger partial charge in [-0.25, -0.2) is 0 Å². The van der Waals surface area contributed by atoms with Gasteiger partial charge in [-0.15, -0.1) is 0 Å². The van der Waals surface area contributed by atoms with Crippen LogP contribution >= 0.6 is 11.6 Å². The van der Waals surface area contributed by atoms with E-state index in [2.05, 4.69) is 21.2 Å². The fourth-order valence-electron chi connectivity index (χ4n) is 3.38. The Morgan fingerprint density at radius 2 is 1.78 bits per heavy atom. The summed E-state index contributed by atoms with van der Waals surface area (Å²) < 4.78 is 5.46. The maximum absolute atomic E-state index is 12.5. The Balaban J connectivity index is 1.52. The number of ether oxygens (including phenoxy) is 1. The molecule has 3 rings (SSSR count). The molecule has 0 aromatic heterocycles. The number of nitrogens with one attached hydrogen (secondary N) is 1. The zero-order chi connectivity index (χ0) is 19.2. The SMILES string of the molecule is COc1ccccc1N1CCN(C(C)C(=O)NCc2ccccc2Cl)CC1. The van der Waals surface area contributed by atoms with E-state index in [1.165, 1.54) is 0 Å². The summed E-state index contributed by atoms with van der Waals surface area (Å²) in [7, 11) is 1.69. The average molecular weight is 388 g/mol. The van der Waals surface area contributed by atoms with Crippen LogP contribution in [0, 0.1) is 0 Å². The normalized spacial score (nSPS) is 16.0. The lowest BCUT2D eigenvalue weighted by atomic mass is 10.1. The molecule has 1 aliphatic rings. The molecule has 2 aromatic carbocycles. The van der Waals surface area contributed by atoms with Crippen LogP contribution < -0.4 is 15.0 Å². The third kappa shape index (κ3) is 4.73. The Labute approximate surface area is 165 Å². The Hall–Kier alpha value is -2.24. The number of nitrogens with zero attached hydrogens (tertiary/aromatic N) is 2. The van der Waals surface area contributed by atoms with Crippen LogP contribution in [0.1, 0.15) is 12.5 Å². The van der Waals surface area contributed by atoms with Crippen molar-refractivity contribution in [2.75, 3.05) is 38.2 Å². The number of halogens is 1. The first-order chi connectivity index (χ1) is 13.1. The van der Waals surface area contributed by atoms with Gasteiger partial charge in [-0.3, -0.25) is 9.69 Å². The molecular formula is C21H26ClN3O2. The molecule has 0 radical (unpaired) electrons. The zero-order valence-corrected chi connectivity index (χ0v) is 16.6. The van der Waals surface area contributed by atoms with Gasteiger partial charge in [0.1, 0.15) is 5.75 Å². The maximum atomic E-state index is 12.5. The minimum Gasteiger partial charge on any atom is -0.495 e. The van der Waals surface area contributed by atoms with Crippen molar-refractivity contribution in [2.45, 2.75) is 19.5 Å². The predicted molar refractivity (Wildman–Crippen MR) is 110 cm³/mol. The van der Waals surface area contributed by atoms with Crippen LogP contribution in [0.25, 0.3) is 0 Å². The highest BCUT2D eigenvalue weighted by Crippen LogP contribution is 2.28. The second-order valence-electron chi connectivity index (χ2n) is 6.68. The van der Waals surface area contributed by atoms with Crippen molar-refractivity contribution in [3.05, 3.63) is 59.1 Å². The molecule has 1 atom stereocenters. The Bertz CT molecular complexity index is 776. The third-order valence-corrected chi connectivity index (χ3v) is 5.45. The summed E-state index contributed by atoms with van der Waals surface area (Å²) in [5, 5.41) is 3.68. The minimum absolute atomic E-state index is 0.0284. The first-order valence-corrected chi connectivity index (χ1v) is 9.61. The fraction of sp³-hybridized carbons (Fsp3) is 0.381. The maximum Gasteiger partial charge on any atom is 0.237 e. The number of hydrogen-bond donors (Lipinski definition) is 1. The van der Waals surface area contributed by atoms with Crippen molar-refractivity contribution in [3.63, 3.8) is 0 Å². The summed E-state index contributed by atoms with van der Waals surface area (Å²) in [6, 6.07) is 15.5. The van der Waals surface area contributed by atoms with E-state index in [4.69, 9.17) is 16.3 Å². The van der Waals surface area contributed by atoms with Crippen LogP contribution in [0.15, 0.2) is 48.5 Å². The summed E-state index contributed by atoms with van der Waals surface area (Å²) in [5.41, 5.74) is 2.04. The number of carbonyl (C=O) groups excluding carboxylic acids is 1. The van der Waals surface area contributed by atoms with Gasteiger partial charge in [0.25, 0.3) is 0 Å². The van der Waals surface area contributed by atoms with Gasteiger partial charge in [-0.1, -0.05) is 41.9 Å². The molecule has 0 aliphatic carbocycles. The molecule has 1 aliphatic heterocycles. The highest BCUT2D eigenvalue weighted by molar-refractivity contribution is 6.31. The molecule has 1 N–H and O–H groups in total. The Kier molecular flexibility index (Phi) is 6.58. The van der Waals surface area contributed by atoms with Gasteiger partial charge in [0.2, 0.25) is 5.91 Å². The lowest BCUT2D eigenvalue weighted by Crippen LogP contribution is -2.53. The largest absolute Gasteiger partial charge is 0.495 e. The molecule has 2 aromatic rings. The van der Waals surface area contributed by atoms with Crippen molar-refractivity contribution in [2.24, 2.45) is 0 Å². The van der Waals surface area contributed by atoms with Gasteiger partial charge in [-0.05, 0) is 30.7 Å². The first kappa shape index (κ1) is 19.5. The molecule has 0 bridgehead atoms. The number of hydrogen-bond acceptors (Lipinski definition) is 4. The van der Waals surface area contributed by atoms with E-state index in [1.807, 2.05) is 49.4 Å². The molecule has 6 heteroatoms. The standard InChI is InChI=1S/C21H26ClN3O2/c1-16(21(26)23-15-17-7-3-4-8-18(17)22)24-11-13-25(14-12-24)19-9-5-6-10-20(19)27-2/h3-10,16H,11-15H2,1-2H3,(H,23,26). The van der Waals surface area contributed by atoms with Crippen molar-refractivity contribution in [1.82, 2.24) is 10.2 Å². The number of methoxy groups -OCH3 is 1. The van der Waals surface area contributed by atoms with Crippen molar-refractivity contribution < 1.29 is 9.53 Å². The third-order valence-electron chi connectivity index (χ3n) is 5.08. The lowest BCUT2D eigenvalue weighted by Gasteiger charge is -2.38. The van der Waals surface area contributed by atoms with Gasteiger partial charge >= 0.3 is 0 Å². The fourth-order valence-corrected chi connectivity index (χ4v) is 3.58. The smallest absolute Gasteiger partial charge is 0.237 e. The van der Waals surface area contributed by atoms with Gasteiger partial charge < -0.3 is 15.0 Å². The number of carbonyl (C=O) groups is 1. The van der Waals surface area contributed by atoms with Crippen LogP contribution in [0.2, 0.25) is 5.02 Å². The lowest BCUT2D eigenvalue weighted by molar-refractivity contribution is -0.126. The number of amides is 1. The van der Waals surface area contributed by atoms with Crippen LogP contribution in [0.5, 0.6) is 5.75 Å². The molecule has 1 fully saturated rings. The van der Waals surface area contributed by atoms with Crippen molar-refractivity contribution in [3.8, 4) is 5.75 Å². The number of benzene rings is 2. The summed E-state index contributed by atoms with van der Waals surface area (Å²) in [4.78, 5) is 17.1. The van der Waals surface area contributed by atoms with Crippen LogP contribution in [-0.2, 0) is 11.3 Å². The first-order valence-electron chi connectivity index (χ1n) is 9.23. The minimum atomic E-state index is -0.174. The molecule has 0 spiro atoms.